The van der Waals surface area contributed by atoms with Crippen molar-refractivity contribution in [2.24, 2.45) is 0 Å². The summed E-state index contributed by atoms with van der Waals surface area (Å²) in [5, 5.41) is 12.8. The third-order valence-corrected chi connectivity index (χ3v) is 5.03. The maximum atomic E-state index is 13.2. The summed E-state index contributed by atoms with van der Waals surface area (Å²) in [7, 11) is 0. The Morgan fingerprint density at radius 3 is 2.66 bits per heavy atom. The molecule has 0 saturated heterocycles. The molecule has 0 bridgehead atoms. The van der Waals surface area contributed by atoms with Gasteiger partial charge in [0.05, 0.1) is 34.1 Å². The van der Waals surface area contributed by atoms with Crippen LogP contribution in [0.25, 0.3) is 16.7 Å². The van der Waals surface area contributed by atoms with Crippen LogP contribution in [0.1, 0.15) is 47.3 Å². The fourth-order valence-electron chi connectivity index (χ4n) is 3.67. The Morgan fingerprint density at radius 2 is 1.93 bits per heavy atom. The lowest BCUT2D eigenvalue weighted by molar-refractivity contribution is 0.0939. The fraction of sp³-hybridized carbons (Fsp3) is 0.273. The lowest BCUT2D eigenvalue weighted by Crippen LogP contribution is -2.28. The first-order valence-corrected chi connectivity index (χ1v) is 9.74. The predicted octanol–water partition coefficient (Wildman–Crippen LogP) is 3.74. The summed E-state index contributed by atoms with van der Waals surface area (Å²) in [6, 6.07) is 13.4. The van der Waals surface area contributed by atoms with E-state index in [1.54, 1.807) is 10.9 Å². The molecule has 4 rings (SSSR count). The number of carbonyl (C=O) groups excluding carboxylic acids is 1. The number of para-hydroxylation sites is 1. The van der Waals surface area contributed by atoms with Crippen LogP contribution in [0, 0.1) is 13.8 Å². The summed E-state index contributed by atoms with van der Waals surface area (Å²) >= 11 is 0. The van der Waals surface area contributed by atoms with Crippen LogP contribution >= 0.6 is 0 Å². The van der Waals surface area contributed by atoms with E-state index in [9.17, 15) is 4.79 Å². The van der Waals surface area contributed by atoms with Crippen molar-refractivity contribution >= 4 is 16.9 Å². The topological polar surface area (TPSA) is 77.6 Å². The Hall–Kier alpha value is -3.48. The SMILES string of the molecule is CCn1nccc1[C@@H](C)NC(=O)c1cc(C)nc2c1c(C)nn2-c1ccccc1. The standard InChI is InChI=1S/C22H24N6O/c1-5-27-19(11-12-23-27)15(3)25-22(29)18-13-14(2)24-21-20(18)16(4)26-28(21)17-9-7-6-8-10-17/h6-13,15H,5H2,1-4H3,(H,25,29)/t15-/m1/s1. The highest BCUT2D eigenvalue weighted by Crippen LogP contribution is 2.25. The van der Waals surface area contributed by atoms with Crippen LogP contribution in [-0.2, 0) is 6.54 Å². The van der Waals surface area contributed by atoms with E-state index in [0.717, 1.165) is 34.7 Å². The number of aromatic nitrogens is 5. The van der Waals surface area contributed by atoms with Crippen molar-refractivity contribution in [2.75, 3.05) is 0 Å². The van der Waals surface area contributed by atoms with Gasteiger partial charge >= 0.3 is 0 Å². The molecule has 0 unspecified atom stereocenters. The van der Waals surface area contributed by atoms with Gasteiger partial charge in [0, 0.05) is 18.4 Å². The molecule has 0 radical (unpaired) electrons. The summed E-state index contributed by atoms with van der Waals surface area (Å²) in [6.45, 7) is 8.55. The number of aryl methyl sites for hydroxylation is 3. The van der Waals surface area contributed by atoms with Gasteiger partial charge < -0.3 is 5.32 Å². The minimum absolute atomic E-state index is 0.146. The highest BCUT2D eigenvalue weighted by molar-refractivity contribution is 6.06. The molecule has 4 aromatic rings. The number of rotatable bonds is 5. The van der Waals surface area contributed by atoms with Gasteiger partial charge in [-0.15, -0.1) is 0 Å². The van der Waals surface area contributed by atoms with Crippen LogP contribution in [-0.4, -0.2) is 30.5 Å². The molecule has 0 aliphatic rings. The van der Waals surface area contributed by atoms with E-state index in [1.807, 2.05) is 74.8 Å². The number of nitrogens with zero attached hydrogens (tertiary/aromatic N) is 5. The molecule has 148 valence electrons. The van der Waals surface area contributed by atoms with Crippen molar-refractivity contribution in [3.05, 3.63) is 71.3 Å². The Bertz CT molecular complexity index is 1170. The Labute approximate surface area is 169 Å². The van der Waals surface area contributed by atoms with E-state index in [-0.39, 0.29) is 11.9 Å². The summed E-state index contributed by atoms with van der Waals surface area (Å²) < 4.78 is 3.68. The molecule has 0 spiro atoms. The van der Waals surface area contributed by atoms with Gasteiger partial charge in [-0.3, -0.25) is 9.48 Å². The van der Waals surface area contributed by atoms with Crippen molar-refractivity contribution in [1.29, 1.82) is 0 Å². The lowest BCUT2D eigenvalue weighted by atomic mass is 10.1. The number of hydrogen-bond acceptors (Lipinski definition) is 4. The van der Waals surface area contributed by atoms with Gasteiger partial charge in [0.25, 0.3) is 5.91 Å². The first-order chi connectivity index (χ1) is 14.0. The van der Waals surface area contributed by atoms with E-state index < -0.39 is 0 Å². The van der Waals surface area contributed by atoms with Gasteiger partial charge in [0.2, 0.25) is 0 Å². The van der Waals surface area contributed by atoms with E-state index in [4.69, 9.17) is 0 Å². The van der Waals surface area contributed by atoms with E-state index >= 15 is 0 Å². The normalized spacial score (nSPS) is 12.3. The van der Waals surface area contributed by atoms with Crippen molar-refractivity contribution in [1.82, 2.24) is 29.9 Å². The largest absolute Gasteiger partial charge is 0.344 e. The lowest BCUT2D eigenvalue weighted by Gasteiger charge is -2.16. The first-order valence-electron chi connectivity index (χ1n) is 9.74. The molecule has 0 aliphatic carbocycles. The average Bonchev–Trinajstić information content (AvgIpc) is 3.32. The highest BCUT2D eigenvalue weighted by Gasteiger charge is 2.21. The van der Waals surface area contributed by atoms with Crippen molar-refractivity contribution in [3.8, 4) is 5.69 Å². The summed E-state index contributed by atoms with van der Waals surface area (Å²) in [5.41, 5.74) is 4.69. The molecule has 3 heterocycles. The van der Waals surface area contributed by atoms with Crippen LogP contribution in [0.5, 0.6) is 0 Å². The molecule has 3 aromatic heterocycles. The maximum absolute atomic E-state index is 13.2. The van der Waals surface area contributed by atoms with Crippen LogP contribution < -0.4 is 5.32 Å². The molecule has 7 nitrogen and oxygen atoms in total. The van der Waals surface area contributed by atoms with E-state index in [0.29, 0.717) is 11.2 Å². The zero-order valence-corrected chi connectivity index (χ0v) is 17.0. The van der Waals surface area contributed by atoms with Crippen molar-refractivity contribution < 1.29 is 4.79 Å². The van der Waals surface area contributed by atoms with Gasteiger partial charge in [-0.1, -0.05) is 18.2 Å². The number of hydrogen-bond donors (Lipinski definition) is 1. The number of benzene rings is 1. The summed E-state index contributed by atoms with van der Waals surface area (Å²) in [6.07, 6.45) is 1.75. The Balaban J connectivity index is 1.76. The molecule has 7 heteroatoms. The molecule has 29 heavy (non-hydrogen) atoms. The van der Waals surface area contributed by atoms with Crippen LogP contribution in [0.15, 0.2) is 48.7 Å². The predicted molar refractivity (Wildman–Crippen MR) is 112 cm³/mol. The van der Waals surface area contributed by atoms with E-state index in [1.165, 1.54) is 0 Å². The number of carbonyl (C=O) groups is 1. The zero-order chi connectivity index (χ0) is 20.5. The van der Waals surface area contributed by atoms with Gasteiger partial charge in [-0.25, -0.2) is 9.67 Å². The smallest absolute Gasteiger partial charge is 0.252 e. The second-order valence-electron chi connectivity index (χ2n) is 7.11. The third-order valence-electron chi connectivity index (χ3n) is 5.03. The molecular weight excluding hydrogens is 364 g/mol. The van der Waals surface area contributed by atoms with Crippen molar-refractivity contribution in [2.45, 2.75) is 40.3 Å². The zero-order valence-electron chi connectivity index (χ0n) is 17.0. The van der Waals surface area contributed by atoms with Gasteiger partial charge in [-0.05, 0) is 52.0 Å². The third kappa shape index (κ3) is 3.40. The minimum atomic E-state index is -0.169. The number of nitrogens with one attached hydrogen (secondary N) is 1. The minimum Gasteiger partial charge on any atom is -0.344 e. The Kier molecular flexibility index (Phi) is 4.88. The molecule has 1 N–H and O–H groups in total. The van der Waals surface area contributed by atoms with Crippen LogP contribution in [0.2, 0.25) is 0 Å². The second-order valence-corrected chi connectivity index (χ2v) is 7.11. The molecular formula is C22H24N6O. The molecule has 0 saturated carbocycles. The number of fused-ring (bicyclic) bond motifs is 1. The van der Waals surface area contributed by atoms with Gasteiger partial charge in [-0.2, -0.15) is 10.2 Å². The fourth-order valence-corrected chi connectivity index (χ4v) is 3.67. The maximum Gasteiger partial charge on any atom is 0.252 e. The quantitative estimate of drug-likeness (QED) is 0.565. The van der Waals surface area contributed by atoms with Crippen LogP contribution in [0.4, 0.5) is 0 Å². The molecule has 1 amide bonds. The second kappa shape index (κ2) is 7.50. The number of pyridine rings is 1. The Morgan fingerprint density at radius 1 is 1.17 bits per heavy atom. The summed E-state index contributed by atoms with van der Waals surface area (Å²) in [4.78, 5) is 17.9. The molecule has 0 fully saturated rings. The first kappa shape index (κ1) is 18.9. The van der Waals surface area contributed by atoms with E-state index in [2.05, 4.69) is 20.5 Å². The van der Waals surface area contributed by atoms with Gasteiger partial charge in [0.1, 0.15) is 0 Å². The van der Waals surface area contributed by atoms with Crippen molar-refractivity contribution in [3.63, 3.8) is 0 Å². The summed E-state index contributed by atoms with van der Waals surface area (Å²) in [5.74, 6) is -0.146. The average molecular weight is 388 g/mol. The number of amides is 1. The molecule has 1 atom stereocenters. The molecule has 1 aromatic carbocycles. The van der Waals surface area contributed by atoms with Gasteiger partial charge in [0.15, 0.2) is 5.65 Å². The highest BCUT2D eigenvalue weighted by atomic mass is 16.1. The monoisotopic (exact) mass is 388 g/mol. The van der Waals surface area contributed by atoms with Crippen LogP contribution in [0.3, 0.4) is 0 Å². The molecule has 0 aliphatic heterocycles.